The van der Waals surface area contributed by atoms with E-state index in [0.29, 0.717) is 17.7 Å². The molecule has 0 bridgehead atoms. The van der Waals surface area contributed by atoms with Crippen molar-refractivity contribution in [1.29, 1.82) is 0 Å². The maximum Gasteiger partial charge on any atom is 0.449 e. The van der Waals surface area contributed by atoms with Crippen LogP contribution in [0.5, 0.6) is 0 Å². The molecule has 7 heteroatoms. The largest absolute Gasteiger partial charge is 0.449 e. The number of anilines is 1. The Balaban J connectivity index is 2.64. The standard InChI is InChI=1S/C13H17F3N4/c1-8(7-19(2)3)20-11-5-4-9(17)6-10(11)18-12(20)13(14,15)16/h4-6,8H,7,17H2,1-3H3. The number of nitrogens with two attached hydrogens (primary N) is 1. The summed E-state index contributed by atoms with van der Waals surface area (Å²) >= 11 is 0. The third-order valence-electron chi connectivity index (χ3n) is 3.04. The predicted molar refractivity (Wildman–Crippen MR) is 72.4 cm³/mol. The van der Waals surface area contributed by atoms with Crippen LogP contribution in [0, 0.1) is 0 Å². The highest BCUT2D eigenvalue weighted by Gasteiger charge is 2.38. The number of nitrogen functional groups attached to an aromatic ring is 1. The molecule has 0 fully saturated rings. The lowest BCUT2D eigenvalue weighted by Gasteiger charge is -2.22. The molecular formula is C13H17F3N4. The molecule has 0 aliphatic carbocycles. The van der Waals surface area contributed by atoms with Crippen molar-refractivity contribution in [2.24, 2.45) is 0 Å². The van der Waals surface area contributed by atoms with Crippen LogP contribution in [0.25, 0.3) is 11.0 Å². The van der Waals surface area contributed by atoms with E-state index in [9.17, 15) is 13.2 Å². The molecule has 1 aromatic carbocycles. The van der Waals surface area contributed by atoms with Crippen LogP contribution >= 0.6 is 0 Å². The first kappa shape index (κ1) is 14.6. The molecule has 0 saturated heterocycles. The third kappa shape index (κ3) is 2.72. The van der Waals surface area contributed by atoms with Gasteiger partial charge in [0.1, 0.15) is 0 Å². The normalized spacial score (nSPS) is 14.2. The number of imidazole rings is 1. The van der Waals surface area contributed by atoms with Gasteiger partial charge in [-0.3, -0.25) is 0 Å². The number of likely N-dealkylation sites (N-methyl/N-ethyl adjacent to an activating group) is 1. The van der Waals surface area contributed by atoms with Crippen LogP contribution < -0.4 is 5.73 Å². The first-order chi connectivity index (χ1) is 9.20. The van der Waals surface area contributed by atoms with Crippen LogP contribution in [0.4, 0.5) is 18.9 Å². The molecule has 2 rings (SSSR count). The SMILES string of the molecule is CC(CN(C)C)n1c(C(F)(F)F)nc2cc(N)ccc21. The van der Waals surface area contributed by atoms with Crippen molar-refractivity contribution >= 4 is 16.7 Å². The number of fused-ring (bicyclic) bond motifs is 1. The monoisotopic (exact) mass is 286 g/mol. The van der Waals surface area contributed by atoms with Gasteiger partial charge in [-0.2, -0.15) is 13.2 Å². The molecule has 1 aromatic heterocycles. The number of rotatable bonds is 3. The summed E-state index contributed by atoms with van der Waals surface area (Å²) in [6, 6.07) is 4.28. The zero-order valence-electron chi connectivity index (χ0n) is 11.6. The Morgan fingerprint density at radius 3 is 2.55 bits per heavy atom. The molecule has 0 aliphatic heterocycles. The lowest BCUT2D eigenvalue weighted by molar-refractivity contribution is -0.147. The number of aromatic nitrogens is 2. The summed E-state index contributed by atoms with van der Waals surface area (Å²) in [4.78, 5) is 5.55. The van der Waals surface area contributed by atoms with Gasteiger partial charge < -0.3 is 15.2 Å². The van der Waals surface area contributed by atoms with Crippen LogP contribution in [0.3, 0.4) is 0 Å². The van der Waals surface area contributed by atoms with E-state index >= 15 is 0 Å². The Hall–Kier alpha value is -1.76. The van der Waals surface area contributed by atoms with Crippen LogP contribution in [-0.2, 0) is 6.18 Å². The summed E-state index contributed by atoms with van der Waals surface area (Å²) in [5, 5.41) is 0. The topological polar surface area (TPSA) is 47.1 Å². The smallest absolute Gasteiger partial charge is 0.399 e. The fraction of sp³-hybridized carbons (Fsp3) is 0.462. The summed E-state index contributed by atoms with van der Waals surface area (Å²) in [5.74, 6) is -0.882. The summed E-state index contributed by atoms with van der Waals surface area (Å²) in [6.07, 6.45) is -4.49. The highest BCUT2D eigenvalue weighted by Crippen LogP contribution is 2.34. The highest BCUT2D eigenvalue weighted by atomic mass is 19.4. The molecule has 1 unspecified atom stereocenters. The minimum atomic E-state index is -4.49. The van der Waals surface area contributed by atoms with E-state index in [1.165, 1.54) is 10.6 Å². The van der Waals surface area contributed by atoms with E-state index in [4.69, 9.17) is 5.73 Å². The Morgan fingerprint density at radius 2 is 2.00 bits per heavy atom. The van der Waals surface area contributed by atoms with Gasteiger partial charge in [-0.05, 0) is 39.2 Å². The van der Waals surface area contributed by atoms with E-state index in [2.05, 4.69) is 4.98 Å². The van der Waals surface area contributed by atoms with Crippen molar-refractivity contribution in [2.75, 3.05) is 26.4 Å². The van der Waals surface area contributed by atoms with Crippen molar-refractivity contribution in [3.05, 3.63) is 24.0 Å². The molecule has 1 atom stereocenters. The first-order valence-corrected chi connectivity index (χ1v) is 6.19. The number of halogens is 3. The van der Waals surface area contributed by atoms with Crippen LogP contribution in [-0.4, -0.2) is 35.1 Å². The second kappa shape index (κ2) is 4.97. The number of hydrogen-bond donors (Lipinski definition) is 1. The van der Waals surface area contributed by atoms with Crippen LogP contribution in [0.1, 0.15) is 18.8 Å². The van der Waals surface area contributed by atoms with E-state index < -0.39 is 12.0 Å². The van der Waals surface area contributed by atoms with Gasteiger partial charge in [-0.15, -0.1) is 0 Å². The van der Waals surface area contributed by atoms with Gasteiger partial charge in [-0.25, -0.2) is 4.98 Å². The summed E-state index contributed by atoms with van der Waals surface area (Å²) in [7, 11) is 3.64. The quantitative estimate of drug-likeness (QED) is 0.883. The Bertz CT molecular complexity index is 616. The molecular weight excluding hydrogens is 269 g/mol. The molecule has 20 heavy (non-hydrogen) atoms. The van der Waals surface area contributed by atoms with Gasteiger partial charge >= 0.3 is 6.18 Å². The molecule has 2 aromatic rings. The number of alkyl halides is 3. The summed E-state index contributed by atoms with van der Waals surface area (Å²) in [5.41, 5.74) is 6.72. The van der Waals surface area contributed by atoms with Gasteiger partial charge in [0.2, 0.25) is 5.82 Å². The fourth-order valence-corrected chi connectivity index (χ4v) is 2.37. The molecule has 0 amide bonds. The second-order valence-electron chi connectivity index (χ2n) is 5.16. The van der Waals surface area contributed by atoms with Gasteiger partial charge in [0.05, 0.1) is 11.0 Å². The van der Waals surface area contributed by atoms with E-state index in [1.54, 1.807) is 19.1 Å². The van der Waals surface area contributed by atoms with E-state index in [0.717, 1.165) is 0 Å². The predicted octanol–water partition coefficient (Wildman–Crippen LogP) is 2.76. The molecule has 2 N–H and O–H groups in total. The zero-order valence-corrected chi connectivity index (χ0v) is 11.6. The summed E-state index contributed by atoms with van der Waals surface area (Å²) < 4.78 is 40.7. The third-order valence-corrected chi connectivity index (χ3v) is 3.04. The maximum atomic E-state index is 13.2. The minimum absolute atomic E-state index is 0.267. The fourth-order valence-electron chi connectivity index (χ4n) is 2.37. The molecule has 110 valence electrons. The van der Waals surface area contributed by atoms with Crippen molar-refractivity contribution in [3.8, 4) is 0 Å². The summed E-state index contributed by atoms with van der Waals surface area (Å²) in [6.45, 7) is 2.23. The maximum absolute atomic E-state index is 13.2. The molecule has 0 saturated carbocycles. The first-order valence-electron chi connectivity index (χ1n) is 6.19. The Kier molecular flexibility index (Phi) is 3.64. The molecule has 0 radical (unpaired) electrons. The van der Waals surface area contributed by atoms with Crippen LogP contribution in [0.15, 0.2) is 18.2 Å². The van der Waals surface area contributed by atoms with E-state index in [1.807, 2.05) is 19.0 Å². The zero-order chi connectivity index (χ0) is 15.1. The lowest BCUT2D eigenvalue weighted by atomic mass is 10.2. The van der Waals surface area contributed by atoms with Crippen molar-refractivity contribution in [3.63, 3.8) is 0 Å². The second-order valence-corrected chi connectivity index (χ2v) is 5.16. The van der Waals surface area contributed by atoms with Gasteiger partial charge in [0.25, 0.3) is 0 Å². The molecule has 0 spiro atoms. The number of benzene rings is 1. The van der Waals surface area contributed by atoms with Crippen molar-refractivity contribution < 1.29 is 13.2 Å². The average Bonchev–Trinajstić information content (AvgIpc) is 2.65. The average molecular weight is 286 g/mol. The highest BCUT2D eigenvalue weighted by molar-refractivity contribution is 5.80. The Labute approximate surface area is 115 Å². The van der Waals surface area contributed by atoms with E-state index in [-0.39, 0.29) is 11.6 Å². The molecule has 0 aliphatic rings. The molecule has 4 nitrogen and oxygen atoms in total. The minimum Gasteiger partial charge on any atom is -0.399 e. The number of nitrogens with zero attached hydrogens (tertiary/aromatic N) is 3. The van der Waals surface area contributed by atoms with Gasteiger partial charge in [-0.1, -0.05) is 0 Å². The lowest BCUT2D eigenvalue weighted by Crippen LogP contribution is -2.26. The van der Waals surface area contributed by atoms with Crippen molar-refractivity contribution in [2.45, 2.75) is 19.1 Å². The van der Waals surface area contributed by atoms with Crippen LogP contribution in [0.2, 0.25) is 0 Å². The van der Waals surface area contributed by atoms with Crippen molar-refractivity contribution in [1.82, 2.24) is 14.5 Å². The molecule has 1 heterocycles. The Morgan fingerprint density at radius 1 is 1.35 bits per heavy atom. The van der Waals surface area contributed by atoms with Gasteiger partial charge in [0.15, 0.2) is 0 Å². The number of hydrogen-bond acceptors (Lipinski definition) is 3. The van der Waals surface area contributed by atoms with Gasteiger partial charge in [0, 0.05) is 18.3 Å².